The molecule has 1 N–H and O–H groups in total. The highest BCUT2D eigenvalue weighted by Crippen LogP contribution is 2.36. The average molecular weight is 269 g/mol. The van der Waals surface area contributed by atoms with E-state index in [1.165, 1.54) is 6.92 Å². The van der Waals surface area contributed by atoms with E-state index in [1.54, 1.807) is 18.4 Å². The van der Waals surface area contributed by atoms with Crippen LogP contribution < -0.4 is 0 Å². The lowest BCUT2D eigenvalue weighted by Gasteiger charge is -2.05. The molecule has 0 atom stereocenters. The van der Waals surface area contributed by atoms with Crippen molar-refractivity contribution < 1.29 is 14.3 Å². The summed E-state index contributed by atoms with van der Waals surface area (Å²) in [7, 11) is 0. The van der Waals surface area contributed by atoms with Gasteiger partial charge in [-0.05, 0) is 35.0 Å². The van der Waals surface area contributed by atoms with Crippen LogP contribution >= 0.6 is 15.9 Å². The van der Waals surface area contributed by atoms with Crippen LogP contribution in [0.15, 0.2) is 27.3 Å². The summed E-state index contributed by atoms with van der Waals surface area (Å²) in [4.78, 5) is 11.0. The lowest BCUT2D eigenvalue weighted by atomic mass is 10.1. The zero-order valence-corrected chi connectivity index (χ0v) is 9.67. The number of benzene rings is 1. The van der Waals surface area contributed by atoms with Crippen molar-refractivity contribution in [2.24, 2.45) is 0 Å². The van der Waals surface area contributed by atoms with Gasteiger partial charge in [0.1, 0.15) is 17.1 Å². The van der Waals surface area contributed by atoms with Gasteiger partial charge in [0.15, 0.2) is 0 Å². The number of carbonyl (C=O) groups is 1. The predicted octanol–water partition coefficient (Wildman–Crippen LogP) is 3.03. The molecule has 15 heavy (non-hydrogen) atoms. The fourth-order valence-electron chi connectivity index (χ4n) is 1.51. The fraction of sp³-hybridized carbons (Fsp3) is 0.182. The summed E-state index contributed by atoms with van der Waals surface area (Å²) in [6.07, 6.45) is 1.76. The molecule has 78 valence electrons. The van der Waals surface area contributed by atoms with Crippen LogP contribution in [0.3, 0.4) is 0 Å². The molecule has 1 heterocycles. The molecule has 0 unspecified atom stereocenters. The third-order valence-electron chi connectivity index (χ3n) is 2.19. The Morgan fingerprint density at radius 2 is 2.33 bits per heavy atom. The molecular formula is C11H9BrO3. The summed E-state index contributed by atoms with van der Waals surface area (Å²) >= 11 is 3.28. The van der Waals surface area contributed by atoms with Crippen LogP contribution in [0.5, 0.6) is 5.75 Å². The molecular weight excluding hydrogens is 260 g/mol. The number of hydrogen-bond donors (Lipinski definition) is 1. The van der Waals surface area contributed by atoms with Gasteiger partial charge in [-0.15, -0.1) is 0 Å². The third kappa shape index (κ3) is 1.77. The minimum Gasteiger partial charge on any atom is -0.506 e. The first-order valence-electron chi connectivity index (χ1n) is 4.46. The summed E-state index contributed by atoms with van der Waals surface area (Å²) in [5.41, 5.74) is 1.24. The normalized spacial score (nSPS) is 10.8. The second-order valence-corrected chi connectivity index (χ2v) is 4.20. The molecule has 0 aliphatic heterocycles. The predicted molar refractivity (Wildman–Crippen MR) is 60.0 cm³/mol. The molecule has 0 amide bonds. The fourth-order valence-corrected chi connectivity index (χ4v) is 2.09. The van der Waals surface area contributed by atoms with E-state index in [9.17, 15) is 9.90 Å². The molecule has 0 aliphatic rings. The van der Waals surface area contributed by atoms with E-state index >= 15 is 0 Å². The minimum atomic E-state index is 0.00288. The van der Waals surface area contributed by atoms with Gasteiger partial charge in [0, 0.05) is 17.4 Å². The quantitative estimate of drug-likeness (QED) is 0.911. The maximum absolute atomic E-state index is 11.0. The Morgan fingerprint density at radius 3 is 3.00 bits per heavy atom. The van der Waals surface area contributed by atoms with Crippen LogP contribution in [0.1, 0.15) is 12.5 Å². The second-order valence-electron chi connectivity index (χ2n) is 3.41. The lowest BCUT2D eigenvalue weighted by Crippen LogP contribution is -1.96. The zero-order chi connectivity index (χ0) is 11.0. The number of phenolic OH excluding ortho intramolecular Hbond substituents is 1. The first-order valence-corrected chi connectivity index (χ1v) is 5.26. The van der Waals surface area contributed by atoms with Gasteiger partial charge in [0.25, 0.3) is 0 Å². The number of furan rings is 1. The van der Waals surface area contributed by atoms with Gasteiger partial charge in [0.2, 0.25) is 0 Å². The summed E-state index contributed by atoms with van der Waals surface area (Å²) in [6, 6.07) is 3.45. The van der Waals surface area contributed by atoms with E-state index in [4.69, 9.17) is 4.42 Å². The number of rotatable bonds is 2. The number of fused-ring (bicyclic) bond motifs is 1. The summed E-state index contributed by atoms with van der Waals surface area (Å²) in [6.45, 7) is 1.49. The third-order valence-corrected chi connectivity index (χ3v) is 2.99. The van der Waals surface area contributed by atoms with E-state index in [0.717, 1.165) is 5.39 Å². The summed E-state index contributed by atoms with van der Waals surface area (Å²) in [5.74, 6) is 0.113. The molecule has 4 heteroatoms. The van der Waals surface area contributed by atoms with Gasteiger partial charge in [0.05, 0.1) is 10.7 Å². The smallest absolute Gasteiger partial charge is 0.135 e. The molecule has 1 aromatic carbocycles. The van der Waals surface area contributed by atoms with Crippen LogP contribution in [-0.4, -0.2) is 10.9 Å². The molecule has 0 spiro atoms. The first-order chi connectivity index (χ1) is 7.09. The Labute approximate surface area is 94.8 Å². The van der Waals surface area contributed by atoms with Gasteiger partial charge < -0.3 is 9.52 Å². The van der Waals surface area contributed by atoms with Crippen molar-refractivity contribution in [3.63, 3.8) is 0 Å². The molecule has 0 saturated heterocycles. The number of Topliss-reactive ketones (excluding diaryl/α,β-unsaturated/α-hetero) is 1. The van der Waals surface area contributed by atoms with E-state index < -0.39 is 0 Å². The number of aromatic hydroxyl groups is 1. The number of ketones is 1. The van der Waals surface area contributed by atoms with Crippen molar-refractivity contribution in [3.8, 4) is 5.75 Å². The second kappa shape index (κ2) is 3.70. The van der Waals surface area contributed by atoms with Gasteiger partial charge in [-0.3, -0.25) is 4.79 Å². The van der Waals surface area contributed by atoms with Crippen LogP contribution in [0, 0.1) is 0 Å². The molecule has 1 aromatic heterocycles. The van der Waals surface area contributed by atoms with Crippen LogP contribution in [-0.2, 0) is 11.2 Å². The summed E-state index contributed by atoms with van der Waals surface area (Å²) in [5, 5.41) is 10.6. The topological polar surface area (TPSA) is 50.4 Å². The molecule has 0 fully saturated rings. The van der Waals surface area contributed by atoms with Crippen molar-refractivity contribution in [2.75, 3.05) is 0 Å². The molecule has 0 bridgehead atoms. The van der Waals surface area contributed by atoms with Crippen molar-refractivity contribution in [1.82, 2.24) is 0 Å². The highest BCUT2D eigenvalue weighted by Gasteiger charge is 2.13. The Bertz CT molecular complexity index is 528. The number of carbonyl (C=O) groups excluding carboxylic acids is 1. The van der Waals surface area contributed by atoms with Gasteiger partial charge in [-0.25, -0.2) is 0 Å². The van der Waals surface area contributed by atoms with Crippen molar-refractivity contribution in [1.29, 1.82) is 0 Å². The Morgan fingerprint density at radius 1 is 1.60 bits per heavy atom. The first kappa shape index (κ1) is 10.2. The minimum absolute atomic E-state index is 0.00288. The molecule has 0 aliphatic carbocycles. The number of phenols is 1. The monoisotopic (exact) mass is 268 g/mol. The molecule has 0 radical (unpaired) electrons. The Balaban J connectivity index is 2.64. The van der Waals surface area contributed by atoms with Gasteiger partial charge in [-0.2, -0.15) is 0 Å². The van der Waals surface area contributed by atoms with E-state index in [0.29, 0.717) is 15.6 Å². The van der Waals surface area contributed by atoms with E-state index in [2.05, 4.69) is 15.9 Å². The molecule has 3 nitrogen and oxygen atoms in total. The maximum atomic E-state index is 11.0. The highest BCUT2D eigenvalue weighted by atomic mass is 79.9. The van der Waals surface area contributed by atoms with Crippen LogP contribution in [0.25, 0.3) is 11.0 Å². The highest BCUT2D eigenvalue weighted by molar-refractivity contribution is 9.10. The maximum Gasteiger partial charge on any atom is 0.135 e. The summed E-state index contributed by atoms with van der Waals surface area (Å²) < 4.78 is 5.80. The SMILES string of the molecule is CC(=O)Cc1cc2occc2c(Br)c1O. The van der Waals surface area contributed by atoms with Crippen LogP contribution in [0.2, 0.25) is 0 Å². The average Bonchev–Trinajstić information content (AvgIpc) is 2.61. The Hall–Kier alpha value is -1.29. The van der Waals surface area contributed by atoms with Crippen molar-refractivity contribution in [3.05, 3.63) is 28.4 Å². The zero-order valence-electron chi connectivity index (χ0n) is 8.08. The van der Waals surface area contributed by atoms with E-state index in [1.807, 2.05) is 0 Å². The molecule has 2 rings (SSSR count). The standard InChI is InChI=1S/C11H9BrO3/c1-6(13)4-7-5-9-8(2-3-15-9)10(12)11(7)14/h2-3,5,14H,4H2,1H3. The van der Waals surface area contributed by atoms with Gasteiger partial charge in [-0.1, -0.05) is 0 Å². The lowest BCUT2D eigenvalue weighted by molar-refractivity contribution is -0.116. The number of halogens is 1. The largest absolute Gasteiger partial charge is 0.506 e. The van der Waals surface area contributed by atoms with Gasteiger partial charge >= 0.3 is 0 Å². The van der Waals surface area contributed by atoms with E-state index in [-0.39, 0.29) is 18.0 Å². The van der Waals surface area contributed by atoms with Crippen molar-refractivity contribution in [2.45, 2.75) is 13.3 Å². The Kier molecular flexibility index (Phi) is 2.52. The number of hydrogen-bond acceptors (Lipinski definition) is 3. The molecule has 2 aromatic rings. The molecule has 0 saturated carbocycles. The van der Waals surface area contributed by atoms with Crippen molar-refractivity contribution >= 4 is 32.7 Å². The van der Waals surface area contributed by atoms with Crippen LogP contribution in [0.4, 0.5) is 0 Å².